The van der Waals surface area contributed by atoms with Gasteiger partial charge in [0.25, 0.3) is 0 Å². The quantitative estimate of drug-likeness (QED) is 0.850. The average molecular weight is 287 g/mol. The van der Waals surface area contributed by atoms with E-state index in [9.17, 15) is 4.79 Å². The molecule has 0 spiro atoms. The van der Waals surface area contributed by atoms with Gasteiger partial charge in [-0.1, -0.05) is 12.1 Å². The summed E-state index contributed by atoms with van der Waals surface area (Å²) in [4.78, 5) is 11.7. The Kier molecular flexibility index (Phi) is 5.43. The van der Waals surface area contributed by atoms with Crippen molar-refractivity contribution in [1.29, 1.82) is 0 Å². The molecule has 2 rings (SSSR count). The highest BCUT2D eigenvalue weighted by atomic mass is 16.5. The Balaban J connectivity index is 1.73. The molecule has 112 valence electrons. The number of ether oxygens (including phenoxy) is 1. The largest absolute Gasteiger partial charge is 0.491 e. The molecule has 0 saturated carbocycles. The van der Waals surface area contributed by atoms with E-state index in [1.54, 1.807) is 6.26 Å². The molecule has 0 aliphatic heterocycles. The van der Waals surface area contributed by atoms with Crippen LogP contribution in [-0.4, -0.2) is 12.0 Å². The molecular weight excluding hydrogens is 266 g/mol. The van der Waals surface area contributed by atoms with E-state index in [0.29, 0.717) is 19.4 Å². The summed E-state index contributed by atoms with van der Waals surface area (Å²) in [6.45, 7) is 4.51. The van der Waals surface area contributed by atoms with E-state index in [2.05, 4.69) is 5.32 Å². The zero-order chi connectivity index (χ0) is 15.1. The molecule has 1 amide bonds. The third-order valence-electron chi connectivity index (χ3n) is 2.96. The number of aryl methyl sites for hydroxylation is 1. The molecule has 0 fully saturated rings. The molecule has 0 unspecified atom stereocenters. The number of nitrogens with one attached hydrogen (secondary N) is 1. The molecule has 2 aromatic rings. The van der Waals surface area contributed by atoms with Gasteiger partial charge in [-0.15, -0.1) is 0 Å². The lowest BCUT2D eigenvalue weighted by Gasteiger charge is -2.10. The molecule has 0 saturated heterocycles. The maximum absolute atomic E-state index is 11.7. The van der Waals surface area contributed by atoms with Gasteiger partial charge in [0.15, 0.2) is 0 Å². The smallest absolute Gasteiger partial charge is 0.220 e. The third-order valence-corrected chi connectivity index (χ3v) is 2.96. The minimum atomic E-state index is 0.0221. The van der Waals surface area contributed by atoms with Crippen molar-refractivity contribution in [1.82, 2.24) is 5.32 Å². The lowest BCUT2D eigenvalue weighted by Crippen LogP contribution is -2.22. The number of hydrogen-bond donors (Lipinski definition) is 1. The van der Waals surface area contributed by atoms with E-state index in [1.807, 2.05) is 50.2 Å². The maximum atomic E-state index is 11.7. The molecule has 0 bridgehead atoms. The Morgan fingerprint density at radius 3 is 2.62 bits per heavy atom. The summed E-state index contributed by atoms with van der Waals surface area (Å²) in [5.74, 6) is 1.70. The molecule has 0 aliphatic carbocycles. The molecule has 1 aromatic heterocycles. The molecule has 4 heteroatoms. The monoisotopic (exact) mass is 287 g/mol. The summed E-state index contributed by atoms with van der Waals surface area (Å²) in [7, 11) is 0. The molecule has 1 aromatic carbocycles. The van der Waals surface area contributed by atoms with Crippen molar-refractivity contribution >= 4 is 5.91 Å². The summed E-state index contributed by atoms with van der Waals surface area (Å²) < 4.78 is 10.8. The van der Waals surface area contributed by atoms with Gasteiger partial charge in [-0.25, -0.2) is 0 Å². The van der Waals surface area contributed by atoms with Gasteiger partial charge in [-0.2, -0.15) is 0 Å². The van der Waals surface area contributed by atoms with Crippen LogP contribution in [0.3, 0.4) is 0 Å². The van der Waals surface area contributed by atoms with Crippen LogP contribution in [0.25, 0.3) is 0 Å². The standard InChI is InChI=1S/C17H21NO3/c1-13(2)21-16-7-5-14(6-8-16)12-18-17(19)10-9-15-4-3-11-20-15/h3-8,11,13H,9-10,12H2,1-2H3,(H,18,19). The van der Waals surface area contributed by atoms with E-state index in [1.165, 1.54) is 0 Å². The number of furan rings is 1. The lowest BCUT2D eigenvalue weighted by molar-refractivity contribution is -0.121. The first-order valence-corrected chi connectivity index (χ1v) is 7.18. The summed E-state index contributed by atoms with van der Waals surface area (Å²) in [5.41, 5.74) is 1.05. The molecule has 1 N–H and O–H groups in total. The first kappa shape index (κ1) is 15.2. The second-order valence-electron chi connectivity index (χ2n) is 5.17. The second-order valence-corrected chi connectivity index (χ2v) is 5.17. The van der Waals surface area contributed by atoms with Crippen LogP contribution in [0.2, 0.25) is 0 Å². The number of carbonyl (C=O) groups excluding carboxylic acids is 1. The number of hydrogen-bond acceptors (Lipinski definition) is 3. The van der Waals surface area contributed by atoms with Crippen molar-refractivity contribution in [2.24, 2.45) is 0 Å². The predicted octanol–water partition coefficient (Wildman–Crippen LogP) is 3.32. The predicted molar refractivity (Wildman–Crippen MR) is 81.1 cm³/mol. The third kappa shape index (κ3) is 5.34. The van der Waals surface area contributed by atoms with Gasteiger partial charge in [-0.05, 0) is 43.7 Å². The fraction of sp³-hybridized carbons (Fsp3) is 0.353. The first-order chi connectivity index (χ1) is 10.1. The van der Waals surface area contributed by atoms with Gasteiger partial charge in [-0.3, -0.25) is 4.79 Å². The van der Waals surface area contributed by atoms with Crippen molar-refractivity contribution in [2.75, 3.05) is 0 Å². The van der Waals surface area contributed by atoms with Crippen LogP contribution in [-0.2, 0) is 17.8 Å². The Hall–Kier alpha value is -2.23. The first-order valence-electron chi connectivity index (χ1n) is 7.18. The number of rotatable bonds is 7. The molecule has 21 heavy (non-hydrogen) atoms. The van der Waals surface area contributed by atoms with Crippen LogP contribution in [0.15, 0.2) is 47.1 Å². The molecule has 0 radical (unpaired) electrons. The van der Waals surface area contributed by atoms with Crippen LogP contribution < -0.4 is 10.1 Å². The van der Waals surface area contributed by atoms with E-state index in [4.69, 9.17) is 9.15 Å². The fourth-order valence-electron chi connectivity index (χ4n) is 1.94. The molecule has 4 nitrogen and oxygen atoms in total. The Morgan fingerprint density at radius 1 is 1.24 bits per heavy atom. The maximum Gasteiger partial charge on any atom is 0.220 e. The fourth-order valence-corrected chi connectivity index (χ4v) is 1.94. The van der Waals surface area contributed by atoms with Crippen molar-refractivity contribution in [2.45, 2.75) is 39.3 Å². The number of amides is 1. The van der Waals surface area contributed by atoms with Crippen molar-refractivity contribution in [3.05, 3.63) is 54.0 Å². The zero-order valence-electron chi connectivity index (χ0n) is 12.5. The summed E-state index contributed by atoms with van der Waals surface area (Å²) >= 11 is 0. The SMILES string of the molecule is CC(C)Oc1ccc(CNC(=O)CCc2ccco2)cc1. The summed E-state index contributed by atoms with van der Waals surface area (Å²) in [6, 6.07) is 11.5. The minimum Gasteiger partial charge on any atom is -0.491 e. The molecular formula is C17H21NO3. The highest BCUT2D eigenvalue weighted by Crippen LogP contribution is 2.13. The second kappa shape index (κ2) is 7.53. The van der Waals surface area contributed by atoms with Crippen LogP contribution in [0.5, 0.6) is 5.75 Å². The van der Waals surface area contributed by atoms with E-state index in [-0.39, 0.29) is 12.0 Å². The van der Waals surface area contributed by atoms with Crippen LogP contribution in [0.4, 0.5) is 0 Å². The van der Waals surface area contributed by atoms with Crippen LogP contribution >= 0.6 is 0 Å². The van der Waals surface area contributed by atoms with Gasteiger partial charge < -0.3 is 14.5 Å². The van der Waals surface area contributed by atoms with E-state index in [0.717, 1.165) is 17.1 Å². The Morgan fingerprint density at radius 2 is 2.00 bits per heavy atom. The van der Waals surface area contributed by atoms with E-state index >= 15 is 0 Å². The highest BCUT2D eigenvalue weighted by molar-refractivity contribution is 5.76. The van der Waals surface area contributed by atoms with Crippen molar-refractivity contribution < 1.29 is 13.9 Å². The number of benzene rings is 1. The van der Waals surface area contributed by atoms with Crippen molar-refractivity contribution in [3.63, 3.8) is 0 Å². The van der Waals surface area contributed by atoms with Crippen molar-refractivity contribution in [3.8, 4) is 5.75 Å². The Bertz CT molecular complexity index is 544. The summed E-state index contributed by atoms with van der Waals surface area (Å²) in [6.07, 6.45) is 2.84. The van der Waals surface area contributed by atoms with Gasteiger partial charge in [0.2, 0.25) is 5.91 Å². The van der Waals surface area contributed by atoms with Gasteiger partial charge in [0.05, 0.1) is 12.4 Å². The zero-order valence-corrected chi connectivity index (χ0v) is 12.5. The van der Waals surface area contributed by atoms with Crippen LogP contribution in [0.1, 0.15) is 31.6 Å². The number of carbonyl (C=O) groups is 1. The topological polar surface area (TPSA) is 51.5 Å². The van der Waals surface area contributed by atoms with Crippen LogP contribution in [0, 0.1) is 0 Å². The normalized spacial score (nSPS) is 10.6. The minimum absolute atomic E-state index is 0.0221. The van der Waals surface area contributed by atoms with Gasteiger partial charge in [0.1, 0.15) is 11.5 Å². The summed E-state index contributed by atoms with van der Waals surface area (Å²) in [5, 5.41) is 2.90. The highest BCUT2D eigenvalue weighted by Gasteiger charge is 2.04. The van der Waals surface area contributed by atoms with Gasteiger partial charge in [0, 0.05) is 19.4 Å². The van der Waals surface area contributed by atoms with Gasteiger partial charge >= 0.3 is 0 Å². The molecule has 1 heterocycles. The lowest BCUT2D eigenvalue weighted by atomic mass is 10.2. The molecule has 0 aliphatic rings. The molecule has 0 atom stereocenters. The van der Waals surface area contributed by atoms with E-state index < -0.39 is 0 Å². The Labute approximate surface area is 125 Å². The average Bonchev–Trinajstić information content (AvgIpc) is 2.97.